The predicted octanol–water partition coefficient (Wildman–Crippen LogP) is 12.5. The first-order valence-electron chi connectivity index (χ1n) is 16.7. The van der Waals surface area contributed by atoms with Crippen molar-refractivity contribution in [2.75, 3.05) is 4.90 Å². The maximum Gasteiger partial charge on any atom is 0.161 e. The second-order valence-electron chi connectivity index (χ2n) is 12.2. The van der Waals surface area contributed by atoms with Gasteiger partial charge in [0.15, 0.2) is 5.82 Å². The zero-order valence-corrected chi connectivity index (χ0v) is 27.1. The molecule has 0 amide bonds. The van der Waals surface area contributed by atoms with Gasteiger partial charge in [0, 0.05) is 44.9 Å². The number of benzene rings is 7. The SMILES string of the molecule is c1ccc(-c2cccc(N(c3ccccc3)c3cc(-c4nc(-c5ccccc5)cc(-c5ccccc5)n4)c4c(c3)oc3ccccc34)c2)cc1. The van der Waals surface area contributed by atoms with Crippen LogP contribution in [0.2, 0.25) is 0 Å². The number of aromatic nitrogens is 2. The van der Waals surface area contributed by atoms with E-state index in [0.717, 1.165) is 78.2 Å². The third kappa shape index (κ3) is 5.49. The fourth-order valence-electron chi connectivity index (χ4n) is 6.71. The summed E-state index contributed by atoms with van der Waals surface area (Å²) in [5.41, 5.74) is 11.6. The van der Waals surface area contributed by atoms with E-state index in [1.165, 1.54) is 0 Å². The number of para-hydroxylation sites is 2. The first-order valence-corrected chi connectivity index (χ1v) is 16.7. The minimum atomic E-state index is 0.634. The van der Waals surface area contributed by atoms with Crippen LogP contribution < -0.4 is 4.90 Å². The van der Waals surface area contributed by atoms with Crippen LogP contribution >= 0.6 is 0 Å². The van der Waals surface area contributed by atoms with E-state index >= 15 is 0 Å². The Balaban J connectivity index is 1.32. The van der Waals surface area contributed by atoms with Crippen LogP contribution in [0.3, 0.4) is 0 Å². The van der Waals surface area contributed by atoms with Gasteiger partial charge in [-0.3, -0.25) is 0 Å². The molecule has 0 N–H and O–H groups in total. The topological polar surface area (TPSA) is 42.2 Å². The first-order chi connectivity index (χ1) is 24.8. The molecule has 0 aliphatic heterocycles. The summed E-state index contributed by atoms with van der Waals surface area (Å²) in [5.74, 6) is 0.634. The number of rotatable bonds is 7. The molecular formula is C46H31N3O. The van der Waals surface area contributed by atoms with Gasteiger partial charge in [-0.05, 0) is 53.6 Å². The van der Waals surface area contributed by atoms with Gasteiger partial charge in [0.25, 0.3) is 0 Å². The van der Waals surface area contributed by atoms with Gasteiger partial charge < -0.3 is 9.32 Å². The Morgan fingerprint density at radius 2 is 0.920 bits per heavy atom. The van der Waals surface area contributed by atoms with E-state index in [2.05, 4.69) is 132 Å². The molecule has 9 rings (SSSR count). The molecule has 0 spiro atoms. The molecule has 50 heavy (non-hydrogen) atoms. The second-order valence-corrected chi connectivity index (χ2v) is 12.2. The predicted molar refractivity (Wildman–Crippen MR) is 206 cm³/mol. The van der Waals surface area contributed by atoms with E-state index in [4.69, 9.17) is 14.4 Å². The Kier molecular flexibility index (Phi) is 7.45. The number of furan rings is 1. The molecule has 7 aromatic carbocycles. The van der Waals surface area contributed by atoms with Gasteiger partial charge in [-0.2, -0.15) is 0 Å². The number of hydrogen-bond donors (Lipinski definition) is 0. The highest BCUT2D eigenvalue weighted by molar-refractivity contribution is 6.13. The highest BCUT2D eigenvalue weighted by atomic mass is 16.3. The van der Waals surface area contributed by atoms with Crippen molar-refractivity contribution in [3.8, 4) is 45.0 Å². The van der Waals surface area contributed by atoms with E-state index in [-0.39, 0.29) is 0 Å². The fourth-order valence-corrected chi connectivity index (χ4v) is 6.71. The number of anilines is 3. The van der Waals surface area contributed by atoms with E-state index in [1.807, 2.05) is 60.7 Å². The van der Waals surface area contributed by atoms with Gasteiger partial charge in [0.1, 0.15) is 11.2 Å². The van der Waals surface area contributed by atoms with Crippen molar-refractivity contribution in [2.24, 2.45) is 0 Å². The summed E-state index contributed by atoms with van der Waals surface area (Å²) in [5, 5.41) is 2.01. The van der Waals surface area contributed by atoms with Crippen LogP contribution in [0.25, 0.3) is 67.0 Å². The lowest BCUT2D eigenvalue weighted by atomic mass is 10.0. The normalized spacial score (nSPS) is 11.2. The van der Waals surface area contributed by atoms with Crippen molar-refractivity contribution in [3.63, 3.8) is 0 Å². The summed E-state index contributed by atoms with van der Waals surface area (Å²) in [4.78, 5) is 12.8. The van der Waals surface area contributed by atoms with Crippen LogP contribution in [0.4, 0.5) is 17.1 Å². The van der Waals surface area contributed by atoms with Crippen molar-refractivity contribution in [1.82, 2.24) is 9.97 Å². The Bertz CT molecular complexity index is 2520. The molecule has 4 heteroatoms. The molecule has 0 atom stereocenters. The Morgan fingerprint density at radius 1 is 0.380 bits per heavy atom. The van der Waals surface area contributed by atoms with E-state index in [0.29, 0.717) is 5.82 Å². The van der Waals surface area contributed by atoms with E-state index < -0.39 is 0 Å². The largest absolute Gasteiger partial charge is 0.456 e. The van der Waals surface area contributed by atoms with Gasteiger partial charge in [0.2, 0.25) is 0 Å². The summed E-state index contributed by atoms with van der Waals surface area (Å²) in [6.45, 7) is 0. The zero-order chi connectivity index (χ0) is 33.3. The molecule has 0 saturated heterocycles. The summed E-state index contributed by atoms with van der Waals surface area (Å²) < 4.78 is 6.62. The van der Waals surface area contributed by atoms with E-state index in [9.17, 15) is 0 Å². The molecule has 0 fully saturated rings. The monoisotopic (exact) mass is 641 g/mol. The Labute approximate surface area is 290 Å². The third-order valence-corrected chi connectivity index (χ3v) is 9.05. The molecule has 0 unspecified atom stereocenters. The highest BCUT2D eigenvalue weighted by Crippen LogP contribution is 2.44. The average Bonchev–Trinajstić information content (AvgIpc) is 3.58. The first kappa shape index (κ1) is 29.4. The van der Waals surface area contributed by atoms with Crippen LogP contribution in [0, 0.1) is 0 Å². The molecule has 0 radical (unpaired) electrons. The fraction of sp³-hybridized carbons (Fsp3) is 0. The van der Waals surface area contributed by atoms with Crippen molar-refractivity contribution < 1.29 is 4.42 Å². The standard InChI is InChI=1S/C46H31N3O/c1-5-16-32(17-6-1)35-22-15-25-37(28-35)49(36-23-11-4-12-24-36)38-29-40(45-39-26-13-14-27-43(39)50-44(45)30-38)46-47-41(33-18-7-2-8-19-33)31-42(48-46)34-20-9-3-10-21-34/h1-31H. The third-order valence-electron chi connectivity index (χ3n) is 9.05. The molecule has 2 aromatic heterocycles. The van der Waals surface area contributed by atoms with Gasteiger partial charge in [-0.1, -0.05) is 140 Å². The van der Waals surface area contributed by atoms with Crippen molar-refractivity contribution in [3.05, 3.63) is 188 Å². The molecule has 2 heterocycles. The van der Waals surface area contributed by atoms with Gasteiger partial charge in [-0.25, -0.2) is 9.97 Å². The molecule has 236 valence electrons. The highest BCUT2D eigenvalue weighted by Gasteiger charge is 2.22. The summed E-state index contributed by atoms with van der Waals surface area (Å²) >= 11 is 0. The summed E-state index contributed by atoms with van der Waals surface area (Å²) in [7, 11) is 0. The average molecular weight is 642 g/mol. The molecule has 4 nitrogen and oxygen atoms in total. The minimum Gasteiger partial charge on any atom is -0.456 e. The molecule has 0 aliphatic carbocycles. The van der Waals surface area contributed by atoms with Crippen LogP contribution in [0.1, 0.15) is 0 Å². The molecule has 9 aromatic rings. The second kappa shape index (κ2) is 12.7. The van der Waals surface area contributed by atoms with E-state index in [1.54, 1.807) is 0 Å². The minimum absolute atomic E-state index is 0.634. The quantitative estimate of drug-likeness (QED) is 0.174. The lowest BCUT2D eigenvalue weighted by Gasteiger charge is -2.26. The van der Waals surface area contributed by atoms with Crippen LogP contribution in [0.5, 0.6) is 0 Å². The van der Waals surface area contributed by atoms with Gasteiger partial charge >= 0.3 is 0 Å². The van der Waals surface area contributed by atoms with Crippen molar-refractivity contribution in [2.45, 2.75) is 0 Å². The number of fused-ring (bicyclic) bond motifs is 3. The molecule has 0 aliphatic rings. The smallest absolute Gasteiger partial charge is 0.161 e. The molecular weight excluding hydrogens is 611 g/mol. The number of hydrogen-bond acceptors (Lipinski definition) is 4. The molecule has 0 bridgehead atoms. The zero-order valence-electron chi connectivity index (χ0n) is 27.1. The van der Waals surface area contributed by atoms with Gasteiger partial charge in [0.05, 0.1) is 17.1 Å². The maximum absolute atomic E-state index is 6.62. The number of nitrogens with zero attached hydrogens (tertiary/aromatic N) is 3. The summed E-state index contributed by atoms with van der Waals surface area (Å²) in [6, 6.07) is 64.9. The lowest BCUT2D eigenvalue weighted by molar-refractivity contribution is 0.669. The lowest BCUT2D eigenvalue weighted by Crippen LogP contribution is -2.10. The van der Waals surface area contributed by atoms with Gasteiger partial charge in [-0.15, -0.1) is 0 Å². The Morgan fingerprint density at radius 3 is 1.58 bits per heavy atom. The molecule has 0 saturated carbocycles. The van der Waals surface area contributed by atoms with Crippen molar-refractivity contribution in [1.29, 1.82) is 0 Å². The van der Waals surface area contributed by atoms with Crippen LogP contribution in [-0.4, -0.2) is 9.97 Å². The van der Waals surface area contributed by atoms with Crippen LogP contribution in [-0.2, 0) is 0 Å². The summed E-state index contributed by atoms with van der Waals surface area (Å²) in [6.07, 6.45) is 0. The van der Waals surface area contributed by atoms with Crippen LogP contribution in [0.15, 0.2) is 192 Å². The van der Waals surface area contributed by atoms with Crippen molar-refractivity contribution >= 4 is 39.0 Å². The maximum atomic E-state index is 6.62. The Hall–Kier alpha value is -6.78.